The zero-order valence-corrected chi connectivity index (χ0v) is 16.9. The maximum absolute atomic E-state index is 12.2. The minimum Gasteiger partial charge on any atom is -0.357 e. The van der Waals surface area contributed by atoms with Crippen molar-refractivity contribution in [2.75, 3.05) is 39.8 Å². The second-order valence-corrected chi connectivity index (χ2v) is 5.90. The van der Waals surface area contributed by atoms with Crippen LogP contribution in [0.5, 0.6) is 0 Å². The standard InChI is InChI=1S/C16H29F3N4.HI/c1-3-20-15(21-10-9-14-7-5-4-6-8-14)22-11-12-23(2)13-16(17,18)19;/h7H,3-6,8-13H2,1-2H3,(H2,20,21,22);1H. The summed E-state index contributed by atoms with van der Waals surface area (Å²) in [5.74, 6) is 0.671. The van der Waals surface area contributed by atoms with Crippen molar-refractivity contribution >= 4 is 29.9 Å². The van der Waals surface area contributed by atoms with E-state index >= 15 is 0 Å². The predicted molar refractivity (Wildman–Crippen MR) is 104 cm³/mol. The average molecular weight is 462 g/mol. The molecule has 0 bridgehead atoms. The molecule has 1 aliphatic rings. The van der Waals surface area contributed by atoms with Crippen molar-refractivity contribution in [3.63, 3.8) is 0 Å². The van der Waals surface area contributed by atoms with Gasteiger partial charge in [-0.05, 0) is 46.1 Å². The zero-order valence-electron chi connectivity index (χ0n) is 14.6. The zero-order chi connectivity index (χ0) is 17.1. The van der Waals surface area contributed by atoms with E-state index in [1.54, 1.807) is 0 Å². The molecule has 24 heavy (non-hydrogen) atoms. The maximum atomic E-state index is 12.2. The molecule has 0 fully saturated rings. The van der Waals surface area contributed by atoms with Gasteiger partial charge in [0.25, 0.3) is 0 Å². The van der Waals surface area contributed by atoms with Gasteiger partial charge in [0.1, 0.15) is 0 Å². The molecule has 0 aromatic rings. The summed E-state index contributed by atoms with van der Waals surface area (Å²) < 4.78 is 36.7. The molecule has 0 radical (unpaired) electrons. The van der Waals surface area contributed by atoms with E-state index in [1.807, 2.05) is 6.92 Å². The van der Waals surface area contributed by atoms with Crippen LogP contribution >= 0.6 is 24.0 Å². The number of likely N-dealkylation sites (N-methyl/N-ethyl adjacent to an activating group) is 1. The van der Waals surface area contributed by atoms with Crippen LogP contribution in [-0.4, -0.2) is 56.8 Å². The van der Waals surface area contributed by atoms with Crippen LogP contribution < -0.4 is 10.6 Å². The molecule has 1 aliphatic carbocycles. The number of hydrogen-bond donors (Lipinski definition) is 2. The van der Waals surface area contributed by atoms with Crippen molar-refractivity contribution in [3.05, 3.63) is 11.6 Å². The van der Waals surface area contributed by atoms with Crippen LogP contribution in [0.3, 0.4) is 0 Å². The number of alkyl halides is 3. The third-order valence-corrected chi connectivity index (χ3v) is 3.67. The highest BCUT2D eigenvalue weighted by Gasteiger charge is 2.28. The predicted octanol–water partition coefficient (Wildman–Crippen LogP) is 3.54. The van der Waals surface area contributed by atoms with Crippen molar-refractivity contribution in [1.82, 2.24) is 15.5 Å². The molecule has 0 amide bonds. The van der Waals surface area contributed by atoms with Gasteiger partial charge in [0.15, 0.2) is 5.96 Å². The van der Waals surface area contributed by atoms with E-state index in [9.17, 15) is 13.2 Å². The number of nitrogens with one attached hydrogen (secondary N) is 2. The number of rotatable bonds is 8. The summed E-state index contributed by atoms with van der Waals surface area (Å²) in [4.78, 5) is 5.57. The van der Waals surface area contributed by atoms with E-state index in [2.05, 4.69) is 21.7 Å². The molecule has 0 aliphatic heterocycles. The number of guanidine groups is 1. The molecular weight excluding hydrogens is 432 g/mol. The topological polar surface area (TPSA) is 39.7 Å². The van der Waals surface area contributed by atoms with Gasteiger partial charge in [-0.15, -0.1) is 24.0 Å². The minimum atomic E-state index is -4.16. The Balaban J connectivity index is 0.00000529. The van der Waals surface area contributed by atoms with Crippen molar-refractivity contribution in [2.24, 2.45) is 4.99 Å². The first kappa shape index (κ1) is 23.5. The molecule has 2 N–H and O–H groups in total. The monoisotopic (exact) mass is 462 g/mol. The lowest BCUT2D eigenvalue weighted by atomic mass is 9.97. The fraction of sp³-hybridized carbons (Fsp3) is 0.812. The summed E-state index contributed by atoms with van der Waals surface area (Å²) in [5, 5.41) is 6.37. The average Bonchev–Trinajstić information content (AvgIpc) is 2.46. The SMILES string of the molecule is CCNC(=NCCN(C)CC(F)(F)F)NCCC1=CCCCC1.I. The van der Waals surface area contributed by atoms with Gasteiger partial charge in [0, 0.05) is 19.6 Å². The lowest BCUT2D eigenvalue weighted by Gasteiger charge is -2.18. The maximum Gasteiger partial charge on any atom is 0.401 e. The highest BCUT2D eigenvalue weighted by atomic mass is 127. The Morgan fingerprint density at radius 1 is 1.29 bits per heavy atom. The molecule has 0 saturated heterocycles. The summed E-state index contributed by atoms with van der Waals surface area (Å²) in [5.41, 5.74) is 1.49. The van der Waals surface area contributed by atoms with Crippen molar-refractivity contribution < 1.29 is 13.2 Å². The molecule has 8 heteroatoms. The normalized spacial score (nSPS) is 15.8. The van der Waals surface area contributed by atoms with Crippen LogP contribution in [0.4, 0.5) is 13.2 Å². The molecule has 0 aromatic heterocycles. The number of allylic oxidation sites excluding steroid dienone is 1. The summed E-state index contributed by atoms with van der Waals surface area (Å²) in [6.45, 7) is 3.21. The van der Waals surface area contributed by atoms with Crippen LogP contribution in [0.25, 0.3) is 0 Å². The van der Waals surface area contributed by atoms with E-state index in [4.69, 9.17) is 0 Å². The highest BCUT2D eigenvalue weighted by Crippen LogP contribution is 2.19. The quantitative estimate of drug-likeness (QED) is 0.251. The number of halogens is 4. The second kappa shape index (κ2) is 12.8. The summed E-state index contributed by atoms with van der Waals surface area (Å²) in [7, 11) is 1.46. The lowest BCUT2D eigenvalue weighted by Crippen LogP contribution is -2.39. The molecule has 1 rings (SSSR count). The summed E-state index contributed by atoms with van der Waals surface area (Å²) in [6, 6.07) is 0. The van der Waals surface area contributed by atoms with Crippen LogP contribution in [-0.2, 0) is 0 Å². The Morgan fingerprint density at radius 3 is 2.62 bits per heavy atom. The first-order valence-electron chi connectivity index (χ1n) is 8.36. The smallest absolute Gasteiger partial charge is 0.357 e. The first-order valence-corrected chi connectivity index (χ1v) is 8.36. The second-order valence-electron chi connectivity index (χ2n) is 5.90. The van der Waals surface area contributed by atoms with Gasteiger partial charge in [0.2, 0.25) is 0 Å². The van der Waals surface area contributed by atoms with Gasteiger partial charge in [-0.2, -0.15) is 13.2 Å². The lowest BCUT2D eigenvalue weighted by molar-refractivity contribution is -0.142. The van der Waals surface area contributed by atoms with Gasteiger partial charge < -0.3 is 10.6 Å². The number of nitrogens with zero attached hydrogens (tertiary/aromatic N) is 2. The van der Waals surface area contributed by atoms with Gasteiger partial charge in [-0.3, -0.25) is 9.89 Å². The van der Waals surface area contributed by atoms with Crippen LogP contribution in [0.15, 0.2) is 16.6 Å². The van der Waals surface area contributed by atoms with Gasteiger partial charge in [-0.1, -0.05) is 11.6 Å². The first-order chi connectivity index (χ1) is 10.9. The molecule has 0 atom stereocenters. The van der Waals surface area contributed by atoms with Crippen LogP contribution in [0.1, 0.15) is 39.0 Å². The van der Waals surface area contributed by atoms with Crippen molar-refractivity contribution in [2.45, 2.75) is 45.2 Å². The van der Waals surface area contributed by atoms with Crippen molar-refractivity contribution in [1.29, 1.82) is 0 Å². The Labute approximate surface area is 160 Å². The number of aliphatic imine (C=N–C) groups is 1. The molecule has 0 saturated carbocycles. The van der Waals surface area contributed by atoms with Gasteiger partial charge >= 0.3 is 6.18 Å². The summed E-state index contributed by atoms with van der Waals surface area (Å²) in [6.07, 6.45) is 4.07. The van der Waals surface area contributed by atoms with E-state index in [-0.39, 0.29) is 30.5 Å². The van der Waals surface area contributed by atoms with Crippen LogP contribution in [0, 0.1) is 0 Å². The molecule has 142 valence electrons. The largest absolute Gasteiger partial charge is 0.401 e. The van der Waals surface area contributed by atoms with E-state index < -0.39 is 12.7 Å². The fourth-order valence-corrected chi connectivity index (χ4v) is 2.53. The van der Waals surface area contributed by atoms with E-state index in [0.717, 1.165) is 19.5 Å². The summed E-state index contributed by atoms with van der Waals surface area (Å²) >= 11 is 0. The van der Waals surface area contributed by atoms with Crippen LogP contribution in [0.2, 0.25) is 0 Å². The highest BCUT2D eigenvalue weighted by molar-refractivity contribution is 14.0. The Morgan fingerprint density at radius 2 is 2.04 bits per heavy atom. The molecule has 0 spiro atoms. The van der Waals surface area contributed by atoms with E-state index in [0.29, 0.717) is 12.5 Å². The van der Waals surface area contributed by atoms with Crippen molar-refractivity contribution in [3.8, 4) is 0 Å². The fourth-order valence-electron chi connectivity index (χ4n) is 2.53. The third kappa shape index (κ3) is 11.9. The molecule has 0 aromatic carbocycles. The molecular formula is C16H30F3IN4. The third-order valence-electron chi connectivity index (χ3n) is 3.67. The molecule has 0 unspecified atom stereocenters. The molecule has 0 heterocycles. The Bertz CT molecular complexity index is 397. The van der Waals surface area contributed by atoms with E-state index in [1.165, 1.54) is 43.2 Å². The Kier molecular flexibility index (Phi) is 12.5. The number of hydrogen-bond acceptors (Lipinski definition) is 2. The van der Waals surface area contributed by atoms with Gasteiger partial charge in [0.05, 0.1) is 13.1 Å². The molecule has 4 nitrogen and oxygen atoms in total. The van der Waals surface area contributed by atoms with Gasteiger partial charge in [-0.25, -0.2) is 0 Å². The minimum absolute atomic E-state index is 0. The Hall–Kier alpha value is -0.510.